The zero-order valence-electron chi connectivity index (χ0n) is 71.4. The van der Waals surface area contributed by atoms with E-state index in [1.165, 1.54) is 32.1 Å². The summed E-state index contributed by atoms with van der Waals surface area (Å²) in [6.45, 7) is 37.3. The number of fused-ring (bicyclic) bond motifs is 36. The number of carbonyl (C=O) groups is 9. The van der Waals surface area contributed by atoms with Crippen molar-refractivity contribution in [1.82, 2.24) is 4.72 Å². The van der Waals surface area contributed by atoms with Crippen LogP contribution in [0.15, 0.2) is 0 Å². The first-order chi connectivity index (χ1) is 54.7. The summed E-state index contributed by atoms with van der Waals surface area (Å²) in [5.74, 6) is 9.43. The van der Waals surface area contributed by atoms with Gasteiger partial charge in [-0.1, -0.05) is 88.5 Å². The van der Waals surface area contributed by atoms with Gasteiger partial charge in [-0.15, -0.1) is 4.33 Å². The highest BCUT2D eigenvalue weighted by Crippen LogP contribution is 2.77. The Hall–Kier alpha value is -4.62. The third-order valence-corrected chi connectivity index (χ3v) is 36.2. The normalized spacial score (nSPS) is 47.5. The lowest BCUT2D eigenvalue weighted by Gasteiger charge is -2.45. The lowest BCUT2D eigenvalue weighted by atomic mass is 9.59. The lowest BCUT2D eigenvalue weighted by molar-refractivity contribution is -0.238. The Morgan fingerprint density at radius 3 is 1.17 bits per heavy atom. The third-order valence-electron chi connectivity index (χ3n) is 35.8. The van der Waals surface area contributed by atoms with Crippen LogP contribution in [0.25, 0.3) is 0 Å². The SMILES string of the molecule is CC(C)COC(C)OC(=O)C1C2CC(C1C(=O)O)C1C3CC(C(C)C3C)C21.CC1C(C)C2CC1C1C3CC(C(C(=O)OC(C)(C)C)C3C(=O)NSOOC3CCCCC3)C21.CCOC(C)OC(=O)C1C2CC(C1C(=O)O)C1C3CC(C(C)C3C)C21.CCOCOC(=O)C1C2CC(C1C(=O)OC1COC(=O)C1)C1C3CC(C(C)C3C)C21. The average Bonchev–Trinajstić information content (AvgIpc) is 1.54. The Bertz CT molecular complexity index is 3600. The summed E-state index contributed by atoms with van der Waals surface area (Å²) in [5.41, 5.74) is -0.554. The third kappa shape index (κ3) is 15.1. The van der Waals surface area contributed by atoms with Crippen LogP contribution in [-0.2, 0) is 95.0 Å². The molecule has 1 heterocycles. The topological polar surface area (TPSA) is 308 Å². The van der Waals surface area contributed by atoms with Crippen LogP contribution in [0, 0.1) is 243 Å². The summed E-state index contributed by atoms with van der Waals surface area (Å²) < 4.78 is 57.2. The van der Waals surface area contributed by atoms with Crippen molar-refractivity contribution in [1.29, 1.82) is 0 Å². The fourth-order valence-corrected chi connectivity index (χ4v) is 32.0. The van der Waals surface area contributed by atoms with Crippen LogP contribution in [0.2, 0.25) is 0 Å². The van der Waals surface area contributed by atoms with Crippen LogP contribution in [-0.4, -0.2) is 127 Å². The Morgan fingerprint density at radius 2 is 0.809 bits per heavy atom. The molecule has 0 aromatic rings. The number of aliphatic carboxylic acids is 2. The Balaban J connectivity index is 0.000000121. The van der Waals surface area contributed by atoms with Crippen LogP contribution in [0.4, 0.5) is 0 Å². The summed E-state index contributed by atoms with van der Waals surface area (Å²) in [5, 5.41) is 19.8. The van der Waals surface area contributed by atoms with Crippen molar-refractivity contribution in [3.8, 4) is 0 Å². The number of carboxylic acids is 2. The molecule has 43 unspecified atom stereocenters. The van der Waals surface area contributed by atoms with Crippen LogP contribution in [0.5, 0.6) is 0 Å². The van der Waals surface area contributed by atoms with Gasteiger partial charge in [-0.3, -0.25) is 47.9 Å². The maximum absolute atomic E-state index is 13.4. The highest BCUT2D eigenvalue weighted by Gasteiger charge is 2.76. The van der Waals surface area contributed by atoms with E-state index in [0.29, 0.717) is 168 Å². The van der Waals surface area contributed by atoms with Crippen LogP contribution >= 0.6 is 12.2 Å². The molecule has 1 amide bonds. The van der Waals surface area contributed by atoms with E-state index in [-0.39, 0.29) is 127 Å². The second-order valence-corrected chi connectivity index (χ2v) is 42.1. The average molecular weight is 1630 g/mol. The molecule has 1 saturated heterocycles. The number of hydrogen-bond acceptors (Lipinski definition) is 21. The van der Waals surface area contributed by atoms with E-state index in [2.05, 4.69) is 60.1 Å². The van der Waals surface area contributed by atoms with Crippen molar-refractivity contribution in [2.75, 3.05) is 33.2 Å². The van der Waals surface area contributed by atoms with E-state index in [4.69, 9.17) is 51.9 Å². The summed E-state index contributed by atoms with van der Waals surface area (Å²) in [6.07, 6.45) is 12.6. The fourth-order valence-electron chi connectivity index (χ4n) is 31.6. The van der Waals surface area contributed by atoms with Crippen LogP contribution in [0.1, 0.15) is 208 Å². The van der Waals surface area contributed by atoms with Gasteiger partial charge in [0, 0.05) is 13.2 Å². The minimum atomic E-state index is -0.819. The maximum Gasteiger partial charge on any atom is 0.312 e. The molecule has 0 radical (unpaired) electrons. The molecule has 23 nitrogen and oxygen atoms in total. The molecule has 3 N–H and O–H groups in total. The van der Waals surface area contributed by atoms with Gasteiger partial charge in [-0.25, -0.2) is 4.89 Å². The summed E-state index contributed by atoms with van der Waals surface area (Å²) in [6, 6.07) is 0. The fraction of sp³-hybridized carbons (Fsp3) is 0.901. The van der Waals surface area contributed by atoms with Gasteiger partial charge in [-0.2, -0.15) is 0 Å². The van der Waals surface area contributed by atoms with Gasteiger partial charge in [-0.05, 0) is 308 Å². The number of ether oxygens (including phenoxy) is 9. The Labute approximate surface area is 686 Å². The van der Waals surface area contributed by atoms with Gasteiger partial charge >= 0.3 is 47.8 Å². The van der Waals surface area contributed by atoms with Crippen molar-refractivity contribution >= 4 is 65.9 Å². The van der Waals surface area contributed by atoms with E-state index in [0.717, 1.165) is 63.6 Å². The minimum Gasteiger partial charge on any atom is -0.481 e. The van der Waals surface area contributed by atoms with Gasteiger partial charge in [0.1, 0.15) is 18.3 Å². The quantitative estimate of drug-likeness (QED) is 0.00985. The molecular weight excluding hydrogens is 1490 g/mol. The molecule has 43 atom stereocenters. The number of hydrogen-bond donors (Lipinski definition) is 3. The van der Waals surface area contributed by atoms with Gasteiger partial charge in [0.25, 0.3) is 0 Å². The zero-order chi connectivity index (χ0) is 82.3. The molecule has 17 saturated carbocycles. The van der Waals surface area contributed by atoms with Crippen molar-refractivity contribution < 1.29 is 105 Å². The van der Waals surface area contributed by atoms with E-state index >= 15 is 0 Å². The van der Waals surface area contributed by atoms with E-state index in [1.807, 2.05) is 48.5 Å². The number of nitrogens with one attached hydrogen (secondary N) is 1. The second kappa shape index (κ2) is 33.7. The molecule has 17 aliphatic carbocycles. The van der Waals surface area contributed by atoms with E-state index < -0.39 is 71.7 Å². The molecule has 0 spiro atoms. The smallest absolute Gasteiger partial charge is 0.312 e. The molecule has 18 rings (SSSR count). The first-order valence-corrected chi connectivity index (χ1v) is 46.1. The van der Waals surface area contributed by atoms with Crippen molar-refractivity contribution in [2.24, 2.45) is 243 Å². The highest BCUT2D eigenvalue weighted by atomic mass is 32.2. The Morgan fingerprint density at radius 1 is 0.452 bits per heavy atom. The molecule has 24 heteroatoms. The lowest BCUT2D eigenvalue weighted by Crippen LogP contribution is -2.49. The summed E-state index contributed by atoms with van der Waals surface area (Å²) in [4.78, 5) is 120. The van der Waals surface area contributed by atoms with Gasteiger partial charge in [0.15, 0.2) is 31.6 Å². The number of amides is 1. The second-order valence-electron chi connectivity index (χ2n) is 41.6. The molecular formula is C91H137NO22S. The van der Waals surface area contributed by atoms with E-state index in [9.17, 15) is 53.4 Å². The van der Waals surface area contributed by atoms with Crippen LogP contribution < -0.4 is 4.72 Å². The highest BCUT2D eigenvalue weighted by molar-refractivity contribution is 7.93. The first-order valence-electron chi connectivity index (χ1n) is 45.4. The number of cyclic esters (lactones) is 1. The summed E-state index contributed by atoms with van der Waals surface area (Å²) in [7, 11) is 0. The van der Waals surface area contributed by atoms with Gasteiger partial charge in [0.2, 0.25) is 5.91 Å². The monoisotopic (exact) mass is 1630 g/mol. The Kier molecular flexibility index (Phi) is 25.0. The van der Waals surface area contributed by atoms with Crippen LogP contribution in [0.3, 0.4) is 0 Å². The number of carboxylic acid groups (broad SMARTS) is 2. The number of rotatable bonds is 23. The molecule has 0 aromatic heterocycles. The largest absolute Gasteiger partial charge is 0.481 e. The molecule has 115 heavy (non-hydrogen) atoms. The molecule has 16 bridgehead atoms. The van der Waals surface area contributed by atoms with Crippen molar-refractivity contribution in [3.63, 3.8) is 0 Å². The van der Waals surface area contributed by atoms with Crippen molar-refractivity contribution in [2.45, 2.75) is 238 Å². The molecule has 0 aromatic carbocycles. The maximum atomic E-state index is 13.4. The predicted octanol–water partition coefficient (Wildman–Crippen LogP) is 14.4. The summed E-state index contributed by atoms with van der Waals surface area (Å²) >= 11 is 0.864. The van der Waals surface area contributed by atoms with Gasteiger partial charge < -0.3 is 52.8 Å². The molecule has 644 valence electrons. The van der Waals surface area contributed by atoms with Gasteiger partial charge in [0.05, 0.1) is 66.5 Å². The predicted molar refractivity (Wildman–Crippen MR) is 419 cm³/mol. The number of carbonyl (C=O) groups excluding carboxylic acids is 7. The first kappa shape index (κ1) is 85.4. The molecule has 18 aliphatic rings. The van der Waals surface area contributed by atoms with E-state index in [1.54, 1.807) is 13.8 Å². The minimum absolute atomic E-state index is 0.0798. The zero-order valence-corrected chi connectivity index (χ0v) is 72.2. The number of esters is 6. The van der Waals surface area contributed by atoms with Crippen molar-refractivity contribution in [3.05, 3.63) is 0 Å². The standard InChI is InChI=1S/C26H41NO5S.C23H32O7.C22H34O5.C20H30O5/c1-13-14(2)17-11-16(13)20-18-12-19(21(17)20)23(25(29)30-26(3,4)5)22(18)24(28)27-33-32-31-15-9-7-6-8-10-15;1-4-27-9-29-22(25)20-15-7-16(19-14-6-13(18(15)19)10(2)11(14)3)21(20)23(26)30-12-5-17(24)28-8-12;1-9(2)8-26-12(5)27-22(25)20-16-7-15(19(20)21(23)24)17-13-6-14(18(16)17)11(4)10(13)3;1-5-24-10(4)25-20(23)18-14-7-13(17(18)19(21)22)15-11-6-12(16(14)15)9(3)8(11)2/h13-23H,6-12H2,1-5H3,(H,27,28);10-16,18-21H,4-9H2,1-3H3;9-20H,6-8H2,1-5H3,(H,23,24);8-18H,5-7H2,1-4H3,(H,21,22). The molecule has 18 fully saturated rings. The molecule has 1 aliphatic heterocycles.